The van der Waals surface area contributed by atoms with Crippen LogP contribution < -0.4 is 21.3 Å². The number of fused-ring (bicyclic) bond motifs is 12. The number of hydrogen-bond acceptors (Lipinski definition) is 3. The van der Waals surface area contributed by atoms with Crippen molar-refractivity contribution in [2.75, 3.05) is 4.90 Å². The van der Waals surface area contributed by atoms with E-state index in [9.17, 15) is 0 Å². The van der Waals surface area contributed by atoms with Crippen molar-refractivity contribution < 1.29 is 4.42 Å². The highest BCUT2D eigenvalue weighted by Crippen LogP contribution is 2.49. The Labute approximate surface area is 327 Å². The summed E-state index contributed by atoms with van der Waals surface area (Å²) in [5.74, 6) is 0. The second kappa shape index (κ2) is 10.7. The summed E-state index contributed by atoms with van der Waals surface area (Å²) in [4.78, 5) is 2.60. The van der Waals surface area contributed by atoms with Crippen LogP contribution >= 0.6 is 11.3 Å². The van der Waals surface area contributed by atoms with Gasteiger partial charge in [-0.15, -0.1) is 11.3 Å². The lowest BCUT2D eigenvalue weighted by Crippen LogP contribution is -2.60. The molecule has 5 heterocycles. The number of nitrogens with zero attached hydrogens (tertiary/aromatic N) is 2. The van der Waals surface area contributed by atoms with Crippen LogP contribution in [-0.2, 0) is 16.2 Å². The molecule has 0 saturated heterocycles. The summed E-state index contributed by atoms with van der Waals surface area (Å²) < 4.78 is 11.9. The predicted molar refractivity (Wildman–Crippen MR) is 239 cm³/mol. The standard InChI is InChI=1S/C50H45BN2OS/c1-48(2,3)28-21-22-34-37(25-28)52(36-17-14-19-41-43(36)31-15-10-12-18-40(31)54-41)38-26-30(50(7,8)9)27-39-44(38)51(34)35-24-29(49(4,5)6)23-33-45(35)53(39)46-32-16-11-13-20-42(32)55-47(33)46/h10-27H,1-9H3. The van der Waals surface area contributed by atoms with Crippen LogP contribution in [0.25, 0.3) is 58.8 Å². The van der Waals surface area contributed by atoms with Crippen LogP contribution in [-0.4, -0.2) is 11.3 Å². The third kappa shape index (κ3) is 4.51. The van der Waals surface area contributed by atoms with E-state index >= 15 is 0 Å². The summed E-state index contributed by atoms with van der Waals surface area (Å²) in [5.41, 5.74) is 17.5. The highest BCUT2D eigenvalue weighted by Gasteiger charge is 2.44. The molecule has 0 unspecified atom stereocenters. The summed E-state index contributed by atoms with van der Waals surface area (Å²) in [6.07, 6.45) is 0. The van der Waals surface area contributed by atoms with Crippen molar-refractivity contribution in [2.24, 2.45) is 0 Å². The Morgan fingerprint density at radius 1 is 0.509 bits per heavy atom. The van der Waals surface area contributed by atoms with Gasteiger partial charge in [0.25, 0.3) is 6.71 Å². The van der Waals surface area contributed by atoms with Crippen LogP contribution in [0.5, 0.6) is 0 Å². The fourth-order valence-corrected chi connectivity index (χ4v) is 10.7. The average molecular weight is 733 g/mol. The minimum Gasteiger partial charge on any atom is -0.456 e. The maximum Gasteiger partial charge on any atom is 0.252 e. The molecule has 270 valence electrons. The van der Waals surface area contributed by atoms with Gasteiger partial charge >= 0.3 is 0 Å². The zero-order valence-corrected chi connectivity index (χ0v) is 34.0. The maximum absolute atomic E-state index is 6.56. The number of anilines is 3. The Bertz CT molecular complexity index is 3120. The van der Waals surface area contributed by atoms with E-state index in [0.29, 0.717) is 0 Å². The highest BCUT2D eigenvalue weighted by molar-refractivity contribution is 7.26. The second-order valence-electron chi connectivity index (χ2n) is 19.0. The molecular formula is C50H45BN2OS. The molecule has 0 N–H and O–H groups in total. The Kier molecular flexibility index (Phi) is 6.46. The summed E-state index contributed by atoms with van der Waals surface area (Å²) in [7, 11) is 0. The molecule has 2 aliphatic heterocycles. The summed E-state index contributed by atoms with van der Waals surface area (Å²) in [5, 5.41) is 4.99. The number of para-hydroxylation sites is 1. The molecule has 0 fully saturated rings. The van der Waals surface area contributed by atoms with E-state index in [0.717, 1.165) is 27.6 Å². The van der Waals surface area contributed by atoms with Gasteiger partial charge in [0.1, 0.15) is 11.2 Å². The fraction of sp³-hybridized carbons (Fsp3) is 0.240. The number of furan rings is 1. The molecule has 0 radical (unpaired) electrons. The molecule has 9 aromatic rings. The third-order valence-electron chi connectivity index (χ3n) is 12.4. The van der Waals surface area contributed by atoms with E-state index in [4.69, 9.17) is 4.42 Å². The molecule has 0 amide bonds. The molecule has 0 aliphatic carbocycles. The van der Waals surface area contributed by atoms with Gasteiger partial charge < -0.3 is 13.9 Å². The normalized spacial score (nSPS) is 14.2. The molecule has 5 heteroatoms. The predicted octanol–water partition coefficient (Wildman–Crippen LogP) is 12.4. The van der Waals surface area contributed by atoms with Gasteiger partial charge in [-0.3, -0.25) is 0 Å². The van der Waals surface area contributed by atoms with Crippen molar-refractivity contribution in [3.8, 4) is 5.69 Å². The second-order valence-corrected chi connectivity index (χ2v) is 20.1. The van der Waals surface area contributed by atoms with Gasteiger partial charge in [-0.1, -0.05) is 123 Å². The summed E-state index contributed by atoms with van der Waals surface area (Å²) >= 11 is 1.95. The molecule has 0 spiro atoms. The van der Waals surface area contributed by atoms with Gasteiger partial charge in [0.2, 0.25) is 0 Å². The van der Waals surface area contributed by atoms with E-state index < -0.39 is 0 Å². The van der Waals surface area contributed by atoms with Gasteiger partial charge in [-0.25, -0.2) is 0 Å². The molecular weight excluding hydrogens is 687 g/mol. The van der Waals surface area contributed by atoms with E-state index in [-0.39, 0.29) is 23.0 Å². The maximum atomic E-state index is 6.56. The molecule has 3 aromatic heterocycles. The minimum atomic E-state index is -0.0902. The highest BCUT2D eigenvalue weighted by atomic mass is 32.1. The van der Waals surface area contributed by atoms with Crippen LogP contribution in [0.15, 0.2) is 114 Å². The largest absolute Gasteiger partial charge is 0.456 e. The lowest BCUT2D eigenvalue weighted by atomic mass is 9.33. The van der Waals surface area contributed by atoms with Gasteiger partial charge in [-0.2, -0.15) is 0 Å². The van der Waals surface area contributed by atoms with Gasteiger partial charge in [0.15, 0.2) is 0 Å². The van der Waals surface area contributed by atoms with Crippen LogP contribution in [0, 0.1) is 0 Å². The monoisotopic (exact) mass is 732 g/mol. The molecule has 11 rings (SSSR count). The van der Waals surface area contributed by atoms with Crippen LogP contribution in [0.4, 0.5) is 17.1 Å². The third-order valence-corrected chi connectivity index (χ3v) is 13.6. The number of thiophene rings is 1. The van der Waals surface area contributed by atoms with Gasteiger partial charge in [0.05, 0.1) is 26.8 Å². The molecule has 0 atom stereocenters. The Hall–Kier alpha value is -5.26. The lowest BCUT2D eigenvalue weighted by molar-refractivity contribution is 0.589. The first kappa shape index (κ1) is 33.1. The Morgan fingerprint density at radius 3 is 1.93 bits per heavy atom. The summed E-state index contributed by atoms with van der Waals surface area (Å²) in [6.45, 7) is 21.2. The van der Waals surface area contributed by atoms with E-state index in [1.165, 1.54) is 81.3 Å². The molecule has 55 heavy (non-hydrogen) atoms. The Balaban J connectivity index is 1.37. The number of hydrogen-bond donors (Lipinski definition) is 0. The first-order valence-electron chi connectivity index (χ1n) is 19.7. The van der Waals surface area contributed by atoms with Crippen LogP contribution in [0.1, 0.15) is 79.0 Å². The van der Waals surface area contributed by atoms with Crippen molar-refractivity contribution in [2.45, 2.75) is 78.6 Å². The molecule has 0 saturated carbocycles. The van der Waals surface area contributed by atoms with Crippen molar-refractivity contribution in [3.63, 3.8) is 0 Å². The topological polar surface area (TPSA) is 21.3 Å². The number of benzene rings is 6. The number of rotatable bonds is 1. The first-order valence-corrected chi connectivity index (χ1v) is 20.5. The lowest BCUT2D eigenvalue weighted by Gasteiger charge is -2.42. The SMILES string of the molecule is CC(C)(C)c1ccc2c(c1)N(c1cccc3oc4ccccc4c13)c1cc(C(C)(C)C)cc3c1B2c1cc(C(C)(C)C)cc2c4sc5ccccc5c4n-3c12. The fourth-order valence-electron chi connectivity index (χ4n) is 9.50. The minimum absolute atomic E-state index is 0.0212. The van der Waals surface area contributed by atoms with Crippen molar-refractivity contribution in [1.29, 1.82) is 0 Å². The van der Waals surface area contributed by atoms with Gasteiger partial charge in [-0.05, 0) is 97.9 Å². The van der Waals surface area contributed by atoms with Crippen LogP contribution in [0.3, 0.4) is 0 Å². The van der Waals surface area contributed by atoms with E-state index in [1.807, 2.05) is 11.3 Å². The summed E-state index contributed by atoms with van der Waals surface area (Å²) in [6, 6.07) is 41.6. The average Bonchev–Trinajstić information content (AvgIpc) is 3.81. The zero-order chi connectivity index (χ0) is 37.9. The quantitative estimate of drug-likeness (QED) is 0.157. The van der Waals surface area contributed by atoms with E-state index in [1.54, 1.807) is 0 Å². The van der Waals surface area contributed by atoms with Crippen LogP contribution in [0.2, 0.25) is 0 Å². The number of aromatic nitrogens is 1. The van der Waals surface area contributed by atoms with E-state index in [2.05, 4.69) is 181 Å². The smallest absolute Gasteiger partial charge is 0.252 e. The zero-order valence-electron chi connectivity index (χ0n) is 33.2. The van der Waals surface area contributed by atoms with Gasteiger partial charge in [0, 0.05) is 37.9 Å². The Morgan fingerprint density at radius 2 is 1.16 bits per heavy atom. The first-order chi connectivity index (χ1) is 26.2. The van der Waals surface area contributed by atoms with Crippen molar-refractivity contribution >= 4 is 105 Å². The van der Waals surface area contributed by atoms with Crippen molar-refractivity contribution in [3.05, 3.63) is 126 Å². The molecule has 6 aromatic carbocycles. The molecule has 2 aliphatic rings. The molecule has 3 nitrogen and oxygen atoms in total. The van der Waals surface area contributed by atoms with Crippen molar-refractivity contribution in [1.82, 2.24) is 4.57 Å². The molecule has 0 bridgehead atoms.